The molecule has 2 aromatic carbocycles. The van der Waals surface area contributed by atoms with Crippen LogP contribution in [-0.2, 0) is 7.05 Å². The third-order valence-corrected chi connectivity index (χ3v) is 4.67. The van der Waals surface area contributed by atoms with Crippen LogP contribution in [0.5, 0.6) is 11.5 Å². The van der Waals surface area contributed by atoms with Crippen LogP contribution in [0.2, 0.25) is 0 Å². The Morgan fingerprint density at radius 1 is 1.00 bits per heavy atom. The first kappa shape index (κ1) is 17.0. The molecule has 0 atom stereocenters. The third-order valence-electron chi connectivity index (χ3n) is 4.67. The number of carbonyl (C=O) groups excluding carboxylic acids is 1. The first-order valence-corrected chi connectivity index (χ1v) is 8.13. The first-order valence-electron chi connectivity index (χ1n) is 8.13. The molecule has 0 aliphatic heterocycles. The fraction of sp³-hybridized carbons (Fsp3) is 0.238. The van der Waals surface area contributed by atoms with Crippen molar-refractivity contribution in [3.05, 3.63) is 53.7 Å². The molecular weight excluding hydrogens is 314 g/mol. The summed E-state index contributed by atoms with van der Waals surface area (Å²) in [5.74, 6) is 1.48. The lowest BCUT2D eigenvalue weighted by molar-refractivity contribution is -0.665. The molecule has 0 unspecified atom stereocenters. The minimum absolute atomic E-state index is 0.0634. The number of hydrogen-bond acceptors (Lipinski definition) is 3. The van der Waals surface area contributed by atoms with Crippen molar-refractivity contribution in [2.45, 2.75) is 13.8 Å². The van der Waals surface area contributed by atoms with Crippen molar-refractivity contribution < 1.29 is 18.8 Å². The van der Waals surface area contributed by atoms with Crippen molar-refractivity contribution >= 4 is 16.6 Å². The van der Waals surface area contributed by atoms with E-state index in [0.717, 1.165) is 27.7 Å². The number of nitrogens with zero attached hydrogens (tertiary/aromatic N) is 1. The predicted octanol–water partition coefficient (Wildman–Crippen LogP) is 3.86. The van der Waals surface area contributed by atoms with Gasteiger partial charge >= 0.3 is 0 Å². The van der Waals surface area contributed by atoms with Crippen LogP contribution in [-0.4, -0.2) is 20.0 Å². The summed E-state index contributed by atoms with van der Waals surface area (Å²) in [5, 5.41) is 2.17. The molecule has 4 heteroatoms. The maximum atomic E-state index is 11.7. The van der Waals surface area contributed by atoms with Gasteiger partial charge in [0.2, 0.25) is 5.69 Å². The highest BCUT2D eigenvalue weighted by molar-refractivity contribution is 5.95. The lowest BCUT2D eigenvalue weighted by Gasteiger charge is -2.12. The number of ketones is 1. The van der Waals surface area contributed by atoms with Crippen molar-refractivity contribution in [2.24, 2.45) is 7.05 Å². The molecule has 25 heavy (non-hydrogen) atoms. The van der Waals surface area contributed by atoms with Gasteiger partial charge in [-0.2, -0.15) is 4.57 Å². The van der Waals surface area contributed by atoms with Crippen LogP contribution in [0.4, 0.5) is 0 Å². The molecule has 0 aliphatic rings. The van der Waals surface area contributed by atoms with Gasteiger partial charge in [-0.25, -0.2) is 0 Å². The van der Waals surface area contributed by atoms with Gasteiger partial charge in [-0.3, -0.25) is 4.79 Å². The number of hydrogen-bond donors (Lipinski definition) is 0. The Labute approximate surface area is 147 Å². The van der Waals surface area contributed by atoms with E-state index in [9.17, 15) is 4.79 Å². The van der Waals surface area contributed by atoms with Crippen LogP contribution < -0.4 is 14.0 Å². The van der Waals surface area contributed by atoms with Crippen molar-refractivity contribution in [1.29, 1.82) is 0 Å². The summed E-state index contributed by atoms with van der Waals surface area (Å²) < 4.78 is 13.0. The van der Waals surface area contributed by atoms with Gasteiger partial charge in [-0.05, 0) is 36.6 Å². The molecule has 0 bridgehead atoms. The Bertz CT molecular complexity index is 977. The quantitative estimate of drug-likeness (QED) is 0.536. The molecule has 0 saturated carbocycles. The van der Waals surface area contributed by atoms with E-state index in [2.05, 4.69) is 17.6 Å². The van der Waals surface area contributed by atoms with E-state index in [1.807, 2.05) is 43.4 Å². The Morgan fingerprint density at radius 3 is 2.32 bits per heavy atom. The van der Waals surface area contributed by atoms with Gasteiger partial charge < -0.3 is 9.47 Å². The van der Waals surface area contributed by atoms with Crippen molar-refractivity contribution in [3.8, 4) is 22.8 Å². The summed E-state index contributed by atoms with van der Waals surface area (Å²) in [5.41, 5.74) is 3.87. The summed E-state index contributed by atoms with van der Waals surface area (Å²) in [6.07, 6.45) is 0. The van der Waals surface area contributed by atoms with Gasteiger partial charge in [0, 0.05) is 24.1 Å². The smallest absolute Gasteiger partial charge is 0.213 e. The molecule has 3 rings (SSSR count). The maximum Gasteiger partial charge on any atom is 0.213 e. The number of aromatic nitrogens is 1. The molecule has 0 amide bonds. The topological polar surface area (TPSA) is 39.4 Å². The molecule has 0 spiro atoms. The first-order chi connectivity index (χ1) is 12.0. The SMILES string of the molecule is COc1cc2cc(-c3cccc(C(C)=O)c3)[n+](C)c(C)c2cc1OC. The summed E-state index contributed by atoms with van der Waals surface area (Å²) in [6, 6.07) is 13.8. The molecule has 1 aromatic heterocycles. The lowest BCUT2D eigenvalue weighted by Crippen LogP contribution is -2.34. The fourth-order valence-corrected chi connectivity index (χ4v) is 3.11. The number of rotatable bonds is 4. The number of fused-ring (bicyclic) bond motifs is 1. The number of Topliss-reactive ketones (excluding diaryl/α,β-unsaturated/α-hetero) is 1. The van der Waals surface area contributed by atoms with Gasteiger partial charge in [0.15, 0.2) is 23.0 Å². The standard InChI is InChI=1S/C21H22NO3/c1-13-18-12-21(25-5)20(24-4)11-17(18)10-19(22(13)3)16-8-6-7-15(9-16)14(2)23/h6-12H,1-5H3/q+1. The van der Waals surface area contributed by atoms with Crippen molar-refractivity contribution in [2.75, 3.05) is 14.2 Å². The highest BCUT2D eigenvalue weighted by atomic mass is 16.5. The van der Waals surface area contributed by atoms with Gasteiger partial charge in [-0.1, -0.05) is 12.1 Å². The second kappa shape index (κ2) is 6.55. The van der Waals surface area contributed by atoms with Gasteiger partial charge in [0.25, 0.3) is 0 Å². The van der Waals surface area contributed by atoms with E-state index < -0.39 is 0 Å². The molecule has 3 aromatic rings. The highest BCUT2D eigenvalue weighted by Gasteiger charge is 2.19. The van der Waals surface area contributed by atoms with Gasteiger partial charge in [0.05, 0.1) is 19.6 Å². The normalized spacial score (nSPS) is 10.8. The van der Waals surface area contributed by atoms with Crippen LogP contribution in [0, 0.1) is 6.92 Å². The molecule has 0 aliphatic carbocycles. The van der Waals surface area contributed by atoms with Crippen LogP contribution >= 0.6 is 0 Å². The van der Waals surface area contributed by atoms with Crippen LogP contribution in [0.1, 0.15) is 23.0 Å². The maximum absolute atomic E-state index is 11.7. The van der Waals surface area contributed by atoms with E-state index in [1.54, 1.807) is 21.1 Å². The van der Waals surface area contributed by atoms with Crippen LogP contribution in [0.25, 0.3) is 22.0 Å². The monoisotopic (exact) mass is 336 g/mol. The number of benzene rings is 2. The predicted molar refractivity (Wildman–Crippen MR) is 98.4 cm³/mol. The number of carbonyl (C=O) groups is 1. The van der Waals surface area contributed by atoms with Crippen LogP contribution in [0.15, 0.2) is 42.5 Å². The van der Waals surface area contributed by atoms with Crippen molar-refractivity contribution in [1.82, 2.24) is 0 Å². The Balaban J connectivity index is 2.28. The minimum Gasteiger partial charge on any atom is -0.493 e. The summed E-state index contributed by atoms with van der Waals surface area (Å²) in [6.45, 7) is 3.66. The molecule has 128 valence electrons. The van der Waals surface area contributed by atoms with E-state index in [1.165, 1.54) is 0 Å². The summed E-state index contributed by atoms with van der Waals surface area (Å²) in [4.78, 5) is 11.7. The number of methoxy groups -OCH3 is 2. The van der Waals surface area contributed by atoms with E-state index in [4.69, 9.17) is 9.47 Å². The average Bonchev–Trinajstić information content (AvgIpc) is 2.63. The summed E-state index contributed by atoms with van der Waals surface area (Å²) >= 11 is 0. The fourth-order valence-electron chi connectivity index (χ4n) is 3.11. The number of ether oxygens (including phenoxy) is 2. The molecular formula is C21H22NO3+. The lowest BCUT2D eigenvalue weighted by atomic mass is 10.0. The molecule has 0 N–H and O–H groups in total. The van der Waals surface area contributed by atoms with Gasteiger partial charge in [-0.15, -0.1) is 0 Å². The second-order valence-corrected chi connectivity index (χ2v) is 6.11. The zero-order valence-electron chi connectivity index (χ0n) is 15.2. The Kier molecular flexibility index (Phi) is 4.45. The van der Waals surface area contributed by atoms with E-state index >= 15 is 0 Å². The average molecular weight is 336 g/mol. The van der Waals surface area contributed by atoms with Crippen LogP contribution in [0.3, 0.4) is 0 Å². The Morgan fingerprint density at radius 2 is 1.68 bits per heavy atom. The molecule has 4 nitrogen and oxygen atoms in total. The minimum atomic E-state index is 0.0634. The van der Waals surface area contributed by atoms with E-state index in [0.29, 0.717) is 17.1 Å². The highest BCUT2D eigenvalue weighted by Crippen LogP contribution is 2.34. The molecule has 0 radical (unpaired) electrons. The largest absolute Gasteiger partial charge is 0.493 e. The second-order valence-electron chi connectivity index (χ2n) is 6.11. The van der Waals surface area contributed by atoms with E-state index in [-0.39, 0.29) is 5.78 Å². The molecule has 0 fully saturated rings. The Hall–Kier alpha value is -2.88. The number of aryl methyl sites for hydroxylation is 1. The summed E-state index contributed by atoms with van der Waals surface area (Å²) in [7, 11) is 5.30. The van der Waals surface area contributed by atoms with Crippen molar-refractivity contribution in [3.63, 3.8) is 0 Å². The zero-order valence-corrected chi connectivity index (χ0v) is 15.2. The number of pyridine rings is 1. The third kappa shape index (κ3) is 2.95. The van der Waals surface area contributed by atoms with Gasteiger partial charge in [0.1, 0.15) is 7.05 Å². The molecule has 1 heterocycles. The zero-order chi connectivity index (χ0) is 18.1. The molecule has 0 saturated heterocycles.